The van der Waals surface area contributed by atoms with Crippen LogP contribution in [0.15, 0.2) is 30.7 Å². The van der Waals surface area contributed by atoms with Crippen LogP contribution in [0.4, 0.5) is 23.4 Å². The number of hydrogen-bond donors (Lipinski definition) is 2. The maximum absolute atomic E-state index is 4.92. The highest BCUT2D eigenvalue weighted by molar-refractivity contribution is 5.96. The first-order chi connectivity index (χ1) is 16.5. The lowest BCUT2D eigenvalue weighted by Crippen LogP contribution is -2.76. The Morgan fingerprint density at radius 1 is 1.12 bits per heavy atom. The van der Waals surface area contributed by atoms with Crippen LogP contribution in [0.5, 0.6) is 0 Å². The van der Waals surface area contributed by atoms with Crippen molar-refractivity contribution in [2.75, 3.05) is 47.8 Å². The Labute approximate surface area is 202 Å². The molecule has 180 valence electrons. The molecule has 0 unspecified atom stereocenters. The van der Waals surface area contributed by atoms with Crippen molar-refractivity contribution < 1.29 is 0 Å². The predicted octanol–water partition coefficient (Wildman–Crippen LogP) is 4.47. The zero-order valence-electron chi connectivity index (χ0n) is 20.8. The van der Waals surface area contributed by atoms with Gasteiger partial charge in [0.25, 0.3) is 0 Å². The quantitative estimate of drug-likeness (QED) is 0.484. The van der Waals surface area contributed by atoms with Gasteiger partial charge in [0.05, 0.1) is 5.54 Å². The molecule has 0 saturated carbocycles. The molecule has 2 aliphatic heterocycles. The van der Waals surface area contributed by atoms with Crippen molar-refractivity contribution in [3.63, 3.8) is 0 Å². The molecule has 0 aliphatic carbocycles. The molecule has 34 heavy (non-hydrogen) atoms. The van der Waals surface area contributed by atoms with Gasteiger partial charge in [-0.1, -0.05) is 27.2 Å². The Morgan fingerprint density at radius 2 is 1.97 bits per heavy atom. The van der Waals surface area contributed by atoms with Crippen molar-refractivity contribution >= 4 is 34.2 Å². The van der Waals surface area contributed by atoms with Crippen molar-refractivity contribution in [2.45, 2.75) is 58.4 Å². The first-order valence-corrected chi connectivity index (χ1v) is 12.7. The van der Waals surface area contributed by atoms with E-state index in [1.54, 1.807) is 0 Å². The minimum absolute atomic E-state index is 0.247. The van der Waals surface area contributed by atoms with E-state index in [9.17, 15) is 0 Å². The molecule has 0 radical (unpaired) electrons. The number of pyridine rings is 2. The first kappa shape index (κ1) is 22.8. The fourth-order valence-electron chi connectivity index (χ4n) is 4.99. The van der Waals surface area contributed by atoms with E-state index >= 15 is 0 Å². The third kappa shape index (κ3) is 4.04. The highest BCUT2D eigenvalue weighted by Crippen LogP contribution is 2.42. The highest BCUT2D eigenvalue weighted by Gasteiger charge is 2.50. The van der Waals surface area contributed by atoms with Gasteiger partial charge in [0.2, 0.25) is 5.95 Å². The van der Waals surface area contributed by atoms with Crippen LogP contribution >= 0.6 is 0 Å². The van der Waals surface area contributed by atoms with Crippen LogP contribution in [0.25, 0.3) is 10.8 Å². The number of nitrogens with one attached hydrogen (secondary N) is 2. The zero-order valence-corrected chi connectivity index (χ0v) is 20.8. The number of hydrogen-bond acceptors (Lipinski definition) is 8. The third-order valence-corrected chi connectivity index (χ3v) is 7.29. The minimum Gasteiger partial charge on any atom is -0.348 e. The van der Waals surface area contributed by atoms with Crippen LogP contribution in [-0.2, 0) is 0 Å². The number of rotatable bonds is 9. The fraction of sp³-hybridized carbons (Fsp3) is 0.538. The van der Waals surface area contributed by atoms with Crippen LogP contribution in [-0.4, -0.2) is 58.2 Å². The van der Waals surface area contributed by atoms with Gasteiger partial charge in [0.1, 0.15) is 17.5 Å². The fourth-order valence-corrected chi connectivity index (χ4v) is 4.99. The maximum Gasteiger partial charge on any atom is 0.227 e. The molecule has 3 aromatic rings. The highest BCUT2D eigenvalue weighted by atomic mass is 15.4. The van der Waals surface area contributed by atoms with Gasteiger partial charge in [-0.15, -0.1) is 0 Å². The summed E-state index contributed by atoms with van der Waals surface area (Å²) in [6, 6.07) is 4.05. The third-order valence-electron chi connectivity index (χ3n) is 7.29. The monoisotopic (exact) mass is 460 g/mol. The molecule has 0 atom stereocenters. The molecule has 2 N–H and O–H groups in total. The van der Waals surface area contributed by atoms with Crippen molar-refractivity contribution in [3.8, 4) is 0 Å². The molecule has 0 bridgehead atoms. The lowest BCUT2D eigenvalue weighted by atomic mass is 9.79. The average Bonchev–Trinajstić information content (AvgIpc) is 2.78. The molecular weight excluding hydrogens is 424 g/mol. The number of aromatic nitrogens is 4. The standard InChI is InChI=1S/C26H36N8/c1-5-7-11-33(6-2)25-28-10-8-22(32-25)31-23-13-19-20(18(3)4)14-30-24(21(19)15-29-23)34-12-9-26(34)16-27-17-26/h8,10,13-15,18,27H,5-7,9,11-12,16-17H2,1-4H3,(H,28,29,31,32). The summed E-state index contributed by atoms with van der Waals surface area (Å²) in [5.74, 6) is 3.74. The van der Waals surface area contributed by atoms with Crippen molar-refractivity contribution in [1.29, 1.82) is 0 Å². The maximum atomic E-state index is 4.92. The van der Waals surface area contributed by atoms with E-state index in [2.05, 4.69) is 65.4 Å². The van der Waals surface area contributed by atoms with Crippen molar-refractivity contribution in [3.05, 3.63) is 36.3 Å². The molecule has 2 aliphatic rings. The molecule has 0 aromatic carbocycles. The minimum atomic E-state index is 0.247. The average molecular weight is 461 g/mol. The van der Waals surface area contributed by atoms with Gasteiger partial charge in [-0.2, -0.15) is 4.98 Å². The number of anilines is 4. The van der Waals surface area contributed by atoms with Gasteiger partial charge in [0, 0.05) is 56.7 Å². The first-order valence-electron chi connectivity index (χ1n) is 12.7. The second-order valence-corrected chi connectivity index (χ2v) is 9.84. The van der Waals surface area contributed by atoms with E-state index < -0.39 is 0 Å². The summed E-state index contributed by atoms with van der Waals surface area (Å²) in [7, 11) is 0. The van der Waals surface area contributed by atoms with E-state index in [4.69, 9.17) is 15.0 Å². The normalized spacial score (nSPS) is 16.6. The smallest absolute Gasteiger partial charge is 0.227 e. The van der Waals surface area contributed by atoms with E-state index in [-0.39, 0.29) is 5.54 Å². The van der Waals surface area contributed by atoms with Crippen LogP contribution in [0.3, 0.4) is 0 Å². The van der Waals surface area contributed by atoms with E-state index in [0.717, 1.165) is 74.4 Å². The largest absolute Gasteiger partial charge is 0.348 e. The molecule has 3 aromatic heterocycles. The molecular formula is C26H36N8. The molecule has 2 fully saturated rings. The molecule has 1 spiro atoms. The summed E-state index contributed by atoms with van der Waals surface area (Å²) in [6.45, 7) is 13.8. The summed E-state index contributed by atoms with van der Waals surface area (Å²) in [4.78, 5) is 23.7. The zero-order chi connectivity index (χ0) is 23.7. The van der Waals surface area contributed by atoms with Crippen LogP contribution in [0.2, 0.25) is 0 Å². The summed E-state index contributed by atoms with van der Waals surface area (Å²) in [5, 5.41) is 9.19. The summed E-state index contributed by atoms with van der Waals surface area (Å²) >= 11 is 0. The van der Waals surface area contributed by atoms with E-state index in [1.165, 1.54) is 17.4 Å². The molecule has 8 heteroatoms. The summed E-state index contributed by atoms with van der Waals surface area (Å²) in [6.07, 6.45) is 9.36. The lowest BCUT2D eigenvalue weighted by Gasteiger charge is -2.59. The number of unbranched alkanes of at least 4 members (excludes halogenated alkanes) is 1. The van der Waals surface area contributed by atoms with Crippen LogP contribution < -0.4 is 20.4 Å². The number of nitrogens with zero attached hydrogens (tertiary/aromatic N) is 6. The van der Waals surface area contributed by atoms with Crippen LogP contribution in [0, 0.1) is 0 Å². The lowest BCUT2D eigenvalue weighted by molar-refractivity contribution is 0.178. The topological polar surface area (TPSA) is 82.1 Å². The van der Waals surface area contributed by atoms with Gasteiger partial charge < -0.3 is 20.4 Å². The van der Waals surface area contributed by atoms with E-state index in [0.29, 0.717) is 5.92 Å². The predicted molar refractivity (Wildman–Crippen MR) is 139 cm³/mol. The van der Waals surface area contributed by atoms with Gasteiger partial charge in [0.15, 0.2) is 0 Å². The Bertz CT molecular complexity index is 1150. The van der Waals surface area contributed by atoms with Crippen molar-refractivity contribution in [1.82, 2.24) is 25.3 Å². The second-order valence-electron chi connectivity index (χ2n) is 9.84. The molecule has 5 rings (SSSR count). The van der Waals surface area contributed by atoms with Gasteiger partial charge in [-0.05, 0) is 48.8 Å². The summed E-state index contributed by atoms with van der Waals surface area (Å²) < 4.78 is 0. The van der Waals surface area contributed by atoms with Gasteiger partial charge in [-0.3, -0.25) is 0 Å². The SMILES string of the molecule is CCCCN(CC)c1nccc(Nc2cc3c(C(C)C)cnc(N4CCC45CNC5)c3cn2)n1. The Balaban J connectivity index is 1.46. The molecule has 0 amide bonds. The Hall–Kier alpha value is -3.00. The van der Waals surface area contributed by atoms with Gasteiger partial charge in [-0.25, -0.2) is 15.0 Å². The van der Waals surface area contributed by atoms with Crippen molar-refractivity contribution in [2.24, 2.45) is 0 Å². The Kier molecular flexibility index (Phi) is 6.25. The molecule has 8 nitrogen and oxygen atoms in total. The van der Waals surface area contributed by atoms with E-state index in [1.807, 2.05) is 18.5 Å². The Morgan fingerprint density at radius 3 is 2.62 bits per heavy atom. The second kappa shape index (κ2) is 9.33. The molecule has 2 saturated heterocycles. The molecule has 5 heterocycles. The van der Waals surface area contributed by atoms with Gasteiger partial charge >= 0.3 is 0 Å². The number of fused-ring (bicyclic) bond motifs is 1. The summed E-state index contributed by atoms with van der Waals surface area (Å²) in [5.41, 5.74) is 1.49. The van der Waals surface area contributed by atoms with Crippen LogP contribution in [0.1, 0.15) is 58.4 Å².